The van der Waals surface area contributed by atoms with Crippen molar-refractivity contribution in [1.82, 2.24) is 9.97 Å². The summed E-state index contributed by atoms with van der Waals surface area (Å²) in [5.41, 5.74) is 6.08. The number of hydrogen-bond acceptors (Lipinski definition) is 4. The van der Waals surface area contributed by atoms with Crippen LogP contribution in [-0.4, -0.2) is 9.97 Å². The molecule has 1 heterocycles. The molecular weight excluding hydrogens is 236 g/mol. The zero-order chi connectivity index (χ0) is 13.2. The van der Waals surface area contributed by atoms with Crippen LogP contribution in [0.1, 0.15) is 36.9 Å². The molecular formula is C15H18N4. The third kappa shape index (κ3) is 2.58. The standard InChI is InChI=1S/C15H18N4/c1-2-10-3-5-12(6-4-10)15-17-13(11-7-8-11)9-14(18-15)19-16/h3-6,9,11H,2,7-8,16H2,1H3,(H,17,18,19). The van der Waals surface area contributed by atoms with Gasteiger partial charge in [-0.25, -0.2) is 15.8 Å². The first-order valence-corrected chi connectivity index (χ1v) is 6.75. The van der Waals surface area contributed by atoms with Crippen molar-refractivity contribution in [2.45, 2.75) is 32.1 Å². The average molecular weight is 254 g/mol. The molecule has 1 aromatic heterocycles. The fourth-order valence-corrected chi connectivity index (χ4v) is 2.15. The molecule has 0 saturated heterocycles. The Labute approximate surface area is 113 Å². The van der Waals surface area contributed by atoms with Gasteiger partial charge in [0.25, 0.3) is 0 Å². The van der Waals surface area contributed by atoms with E-state index in [-0.39, 0.29) is 0 Å². The molecule has 1 aliphatic rings. The molecule has 0 bridgehead atoms. The third-order valence-electron chi connectivity index (χ3n) is 3.51. The normalized spacial score (nSPS) is 14.4. The highest BCUT2D eigenvalue weighted by atomic mass is 15.3. The first-order valence-electron chi connectivity index (χ1n) is 6.75. The molecule has 1 saturated carbocycles. The Balaban J connectivity index is 1.99. The Bertz CT molecular complexity index is 573. The monoisotopic (exact) mass is 254 g/mol. The summed E-state index contributed by atoms with van der Waals surface area (Å²) in [7, 11) is 0. The highest BCUT2D eigenvalue weighted by Crippen LogP contribution is 2.40. The fourth-order valence-electron chi connectivity index (χ4n) is 2.15. The lowest BCUT2D eigenvalue weighted by Crippen LogP contribution is -2.10. The fraction of sp³-hybridized carbons (Fsp3) is 0.333. The SMILES string of the molecule is CCc1ccc(-c2nc(NN)cc(C3CC3)n2)cc1. The second kappa shape index (κ2) is 4.97. The first-order chi connectivity index (χ1) is 9.30. The quantitative estimate of drug-likeness (QED) is 0.650. The van der Waals surface area contributed by atoms with Crippen LogP contribution in [0.4, 0.5) is 5.82 Å². The Morgan fingerprint density at radius 1 is 1.21 bits per heavy atom. The minimum atomic E-state index is 0.587. The van der Waals surface area contributed by atoms with Gasteiger partial charge in [0.2, 0.25) is 0 Å². The highest BCUT2D eigenvalue weighted by molar-refractivity contribution is 5.58. The summed E-state index contributed by atoms with van der Waals surface area (Å²) in [5.74, 6) is 7.51. The van der Waals surface area contributed by atoms with E-state index < -0.39 is 0 Å². The molecule has 1 fully saturated rings. The Hall–Kier alpha value is -1.94. The number of nitrogen functional groups attached to an aromatic ring is 1. The van der Waals surface area contributed by atoms with Gasteiger partial charge in [-0.05, 0) is 24.8 Å². The summed E-state index contributed by atoms with van der Waals surface area (Å²) >= 11 is 0. The van der Waals surface area contributed by atoms with Crippen LogP contribution in [0, 0.1) is 0 Å². The van der Waals surface area contributed by atoms with Crippen molar-refractivity contribution >= 4 is 5.82 Å². The largest absolute Gasteiger partial charge is 0.308 e. The van der Waals surface area contributed by atoms with Gasteiger partial charge in [0, 0.05) is 23.2 Å². The highest BCUT2D eigenvalue weighted by Gasteiger charge is 2.26. The van der Waals surface area contributed by atoms with E-state index in [9.17, 15) is 0 Å². The topological polar surface area (TPSA) is 63.8 Å². The lowest BCUT2D eigenvalue weighted by molar-refractivity contribution is 0.990. The molecule has 98 valence electrons. The third-order valence-corrected chi connectivity index (χ3v) is 3.51. The lowest BCUT2D eigenvalue weighted by atomic mass is 10.1. The maximum atomic E-state index is 5.49. The number of aryl methyl sites for hydroxylation is 1. The minimum Gasteiger partial charge on any atom is -0.308 e. The van der Waals surface area contributed by atoms with Gasteiger partial charge in [0.05, 0.1) is 0 Å². The molecule has 4 nitrogen and oxygen atoms in total. The van der Waals surface area contributed by atoms with Crippen LogP contribution >= 0.6 is 0 Å². The van der Waals surface area contributed by atoms with Crippen LogP contribution in [-0.2, 0) is 6.42 Å². The number of nitrogens with two attached hydrogens (primary N) is 1. The van der Waals surface area contributed by atoms with Crippen molar-refractivity contribution in [3.8, 4) is 11.4 Å². The smallest absolute Gasteiger partial charge is 0.161 e. The lowest BCUT2D eigenvalue weighted by Gasteiger charge is -2.07. The number of hydrazine groups is 1. The number of rotatable bonds is 4. The van der Waals surface area contributed by atoms with E-state index in [1.807, 2.05) is 6.07 Å². The van der Waals surface area contributed by atoms with Gasteiger partial charge in [0.1, 0.15) is 5.82 Å². The van der Waals surface area contributed by atoms with E-state index in [2.05, 4.69) is 46.6 Å². The average Bonchev–Trinajstić information content (AvgIpc) is 3.31. The molecule has 0 unspecified atom stereocenters. The predicted molar refractivity (Wildman–Crippen MR) is 76.6 cm³/mol. The van der Waals surface area contributed by atoms with Crippen molar-refractivity contribution in [2.24, 2.45) is 5.84 Å². The number of aromatic nitrogens is 2. The molecule has 0 atom stereocenters. The summed E-state index contributed by atoms with van der Waals surface area (Å²) < 4.78 is 0. The minimum absolute atomic E-state index is 0.587. The number of nitrogens with zero attached hydrogens (tertiary/aromatic N) is 2. The van der Waals surface area contributed by atoms with Gasteiger partial charge in [-0.1, -0.05) is 31.2 Å². The predicted octanol–water partition coefficient (Wildman–Crippen LogP) is 2.87. The number of anilines is 1. The van der Waals surface area contributed by atoms with Gasteiger partial charge in [0.15, 0.2) is 5.82 Å². The van der Waals surface area contributed by atoms with Crippen LogP contribution in [0.3, 0.4) is 0 Å². The first kappa shape index (κ1) is 12.1. The maximum Gasteiger partial charge on any atom is 0.161 e. The van der Waals surface area contributed by atoms with Crippen molar-refractivity contribution in [3.63, 3.8) is 0 Å². The van der Waals surface area contributed by atoms with Crippen molar-refractivity contribution < 1.29 is 0 Å². The molecule has 0 amide bonds. The van der Waals surface area contributed by atoms with Crippen LogP contribution in [0.5, 0.6) is 0 Å². The van der Waals surface area contributed by atoms with Crippen molar-refractivity contribution in [3.05, 3.63) is 41.6 Å². The van der Waals surface area contributed by atoms with E-state index in [0.717, 1.165) is 23.5 Å². The summed E-state index contributed by atoms with van der Waals surface area (Å²) in [4.78, 5) is 9.10. The zero-order valence-corrected chi connectivity index (χ0v) is 11.1. The molecule has 0 spiro atoms. The van der Waals surface area contributed by atoms with E-state index in [1.165, 1.54) is 18.4 Å². The molecule has 19 heavy (non-hydrogen) atoms. The van der Waals surface area contributed by atoms with Crippen LogP contribution < -0.4 is 11.3 Å². The second-order valence-electron chi connectivity index (χ2n) is 4.97. The van der Waals surface area contributed by atoms with Crippen LogP contribution in [0.15, 0.2) is 30.3 Å². The number of hydrogen-bond donors (Lipinski definition) is 2. The summed E-state index contributed by atoms with van der Waals surface area (Å²) in [6.07, 6.45) is 3.48. The molecule has 3 N–H and O–H groups in total. The second-order valence-corrected chi connectivity index (χ2v) is 4.97. The molecule has 2 aromatic rings. The van der Waals surface area contributed by atoms with Gasteiger partial charge in [-0.3, -0.25) is 0 Å². The number of nitrogens with one attached hydrogen (secondary N) is 1. The van der Waals surface area contributed by atoms with Gasteiger partial charge in [-0.2, -0.15) is 0 Å². The Kier molecular flexibility index (Phi) is 3.17. The molecule has 0 radical (unpaired) electrons. The zero-order valence-electron chi connectivity index (χ0n) is 11.1. The van der Waals surface area contributed by atoms with Gasteiger partial charge < -0.3 is 5.43 Å². The van der Waals surface area contributed by atoms with Crippen LogP contribution in [0.2, 0.25) is 0 Å². The molecule has 3 rings (SSSR count). The molecule has 1 aliphatic carbocycles. The Morgan fingerprint density at radius 2 is 1.95 bits per heavy atom. The van der Waals surface area contributed by atoms with Crippen molar-refractivity contribution in [2.75, 3.05) is 5.43 Å². The number of benzene rings is 1. The van der Waals surface area contributed by atoms with E-state index in [4.69, 9.17) is 5.84 Å². The molecule has 0 aliphatic heterocycles. The summed E-state index contributed by atoms with van der Waals surface area (Å²) in [6, 6.07) is 10.3. The van der Waals surface area contributed by atoms with E-state index >= 15 is 0 Å². The van der Waals surface area contributed by atoms with E-state index in [1.54, 1.807) is 0 Å². The van der Waals surface area contributed by atoms with Crippen LogP contribution in [0.25, 0.3) is 11.4 Å². The summed E-state index contributed by atoms with van der Waals surface area (Å²) in [5, 5.41) is 0. The Morgan fingerprint density at radius 3 is 2.53 bits per heavy atom. The van der Waals surface area contributed by atoms with Gasteiger partial charge >= 0.3 is 0 Å². The maximum absolute atomic E-state index is 5.49. The summed E-state index contributed by atoms with van der Waals surface area (Å²) in [6.45, 7) is 2.15. The molecule has 4 heteroatoms. The molecule has 1 aromatic carbocycles. The van der Waals surface area contributed by atoms with Gasteiger partial charge in [-0.15, -0.1) is 0 Å². The van der Waals surface area contributed by atoms with E-state index in [0.29, 0.717) is 11.7 Å². The van der Waals surface area contributed by atoms with Crippen molar-refractivity contribution in [1.29, 1.82) is 0 Å².